The first-order chi connectivity index (χ1) is 8.83. The number of ether oxygens (including phenoxy) is 1. The third-order valence-corrected chi connectivity index (χ3v) is 4.14. The molecule has 1 aliphatic heterocycles. The third-order valence-electron chi connectivity index (χ3n) is 3.22. The van der Waals surface area contributed by atoms with Gasteiger partial charge in [-0.1, -0.05) is 24.3 Å². The average Bonchev–Trinajstić information content (AvgIpc) is 2.93. The van der Waals surface area contributed by atoms with Crippen molar-refractivity contribution < 1.29 is 4.74 Å². The number of rotatable bonds is 2. The van der Waals surface area contributed by atoms with E-state index < -0.39 is 0 Å². The number of hydrogen-bond acceptors (Lipinski definition) is 3. The van der Waals surface area contributed by atoms with Gasteiger partial charge in [0.05, 0.1) is 12.2 Å². The van der Waals surface area contributed by atoms with Crippen molar-refractivity contribution in [3.63, 3.8) is 0 Å². The van der Waals surface area contributed by atoms with Crippen LogP contribution in [0.4, 0.5) is 0 Å². The SMILES string of the molecule is CC1CNCC(c2cccc(-c3cccs3)c2)O1. The minimum atomic E-state index is 0.175. The number of thiophene rings is 1. The summed E-state index contributed by atoms with van der Waals surface area (Å²) in [4.78, 5) is 1.31. The summed E-state index contributed by atoms with van der Waals surface area (Å²) in [5.74, 6) is 0. The molecule has 2 nitrogen and oxygen atoms in total. The molecule has 94 valence electrons. The van der Waals surface area contributed by atoms with Gasteiger partial charge in [-0.05, 0) is 35.6 Å². The first kappa shape index (κ1) is 11.9. The zero-order valence-electron chi connectivity index (χ0n) is 10.4. The first-order valence-corrected chi connectivity index (χ1v) is 7.21. The van der Waals surface area contributed by atoms with E-state index in [-0.39, 0.29) is 12.2 Å². The van der Waals surface area contributed by atoms with E-state index in [1.165, 1.54) is 16.0 Å². The summed E-state index contributed by atoms with van der Waals surface area (Å²) in [6.45, 7) is 3.96. The largest absolute Gasteiger partial charge is 0.368 e. The molecule has 3 heteroatoms. The summed E-state index contributed by atoms with van der Waals surface area (Å²) in [6.07, 6.45) is 0.461. The van der Waals surface area contributed by atoms with Gasteiger partial charge in [0.25, 0.3) is 0 Å². The second-order valence-corrected chi connectivity index (χ2v) is 5.64. The third kappa shape index (κ3) is 2.48. The molecule has 1 fully saturated rings. The minimum absolute atomic E-state index is 0.175. The van der Waals surface area contributed by atoms with Gasteiger partial charge < -0.3 is 10.1 Å². The Hall–Kier alpha value is -1.16. The van der Waals surface area contributed by atoms with Gasteiger partial charge in [0.15, 0.2) is 0 Å². The van der Waals surface area contributed by atoms with Gasteiger partial charge in [-0.3, -0.25) is 0 Å². The van der Waals surface area contributed by atoms with Crippen LogP contribution in [0.3, 0.4) is 0 Å². The van der Waals surface area contributed by atoms with Crippen molar-refractivity contribution in [3.8, 4) is 10.4 Å². The Morgan fingerprint density at radius 3 is 2.94 bits per heavy atom. The van der Waals surface area contributed by atoms with E-state index in [4.69, 9.17) is 4.74 Å². The van der Waals surface area contributed by atoms with Gasteiger partial charge in [0.1, 0.15) is 0 Å². The highest BCUT2D eigenvalue weighted by molar-refractivity contribution is 7.13. The second-order valence-electron chi connectivity index (χ2n) is 4.70. The number of benzene rings is 1. The summed E-state index contributed by atoms with van der Waals surface area (Å²) in [7, 11) is 0. The standard InChI is InChI=1S/C15H17NOS/c1-11-9-16-10-14(17-11)12-4-2-5-13(8-12)15-6-3-7-18-15/h2-8,11,14,16H,9-10H2,1H3. The van der Waals surface area contributed by atoms with Crippen molar-refractivity contribution in [2.45, 2.75) is 19.1 Å². The lowest BCUT2D eigenvalue weighted by Crippen LogP contribution is -2.38. The predicted molar refractivity (Wildman–Crippen MR) is 75.9 cm³/mol. The topological polar surface area (TPSA) is 21.3 Å². The average molecular weight is 259 g/mol. The van der Waals surface area contributed by atoms with Crippen molar-refractivity contribution >= 4 is 11.3 Å². The number of morpholine rings is 1. The van der Waals surface area contributed by atoms with Gasteiger partial charge in [-0.25, -0.2) is 0 Å². The van der Waals surface area contributed by atoms with Crippen LogP contribution >= 0.6 is 11.3 Å². The molecule has 2 unspecified atom stereocenters. The zero-order chi connectivity index (χ0) is 12.4. The molecule has 0 saturated carbocycles. The Morgan fingerprint density at radius 2 is 2.17 bits per heavy atom. The van der Waals surface area contributed by atoms with Crippen LogP contribution in [-0.4, -0.2) is 19.2 Å². The smallest absolute Gasteiger partial charge is 0.0953 e. The van der Waals surface area contributed by atoms with Crippen molar-refractivity contribution in [3.05, 3.63) is 47.3 Å². The van der Waals surface area contributed by atoms with Crippen LogP contribution in [0.25, 0.3) is 10.4 Å². The molecule has 0 spiro atoms. The normalized spacial score (nSPS) is 24.1. The van der Waals surface area contributed by atoms with Crippen LogP contribution in [0.5, 0.6) is 0 Å². The summed E-state index contributed by atoms with van der Waals surface area (Å²) in [5, 5.41) is 5.53. The van der Waals surface area contributed by atoms with E-state index in [0.717, 1.165) is 13.1 Å². The fraction of sp³-hybridized carbons (Fsp3) is 0.333. The molecule has 1 aromatic carbocycles. The van der Waals surface area contributed by atoms with Crippen molar-refractivity contribution in [1.29, 1.82) is 0 Å². The molecule has 1 saturated heterocycles. The van der Waals surface area contributed by atoms with E-state index in [2.05, 4.69) is 54.0 Å². The Labute approximate surface area is 112 Å². The summed E-state index contributed by atoms with van der Waals surface area (Å²) in [5.41, 5.74) is 2.55. The maximum absolute atomic E-state index is 5.99. The number of nitrogens with one attached hydrogen (secondary N) is 1. The van der Waals surface area contributed by atoms with Crippen LogP contribution in [0.1, 0.15) is 18.6 Å². The zero-order valence-corrected chi connectivity index (χ0v) is 11.2. The molecule has 2 aromatic rings. The van der Waals surface area contributed by atoms with Crippen molar-refractivity contribution in [2.24, 2.45) is 0 Å². The molecule has 0 aliphatic carbocycles. The van der Waals surface area contributed by atoms with Gasteiger partial charge >= 0.3 is 0 Å². The highest BCUT2D eigenvalue weighted by Crippen LogP contribution is 2.29. The first-order valence-electron chi connectivity index (χ1n) is 6.33. The lowest BCUT2D eigenvalue weighted by molar-refractivity contribution is -0.0286. The van der Waals surface area contributed by atoms with E-state index in [1.807, 2.05) is 0 Å². The fourth-order valence-electron chi connectivity index (χ4n) is 2.33. The minimum Gasteiger partial charge on any atom is -0.368 e. The van der Waals surface area contributed by atoms with Gasteiger partial charge in [0.2, 0.25) is 0 Å². The van der Waals surface area contributed by atoms with Gasteiger partial charge in [0, 0.05) is 18.0 Å². The van der Waals surface area contributed by atoms with Crippen molar-refractivity contribution in [2.75, 3.05) is 13.1 Å². The van der Waals surface area contributed by atoms with Gasteiger partial charge in [-0.15, -0.1) is 11.3 Å². The molecular weight excluding hydrogens is 242 g/mol. The van der Waals surface area contributed by atoms with E-state index in [9.17, 15) is 0 Å². The Morgan fingerprint density at radius 1 is 1.22 bits per heavy atom. The monoisotopic (exact) mass is 259 g/mol. The van der Waals surface area contributed by atoms with Crippen LogP contribution in [-0.2, 0) is 4.74 Å². The van der Waals surface area contributed by atoms with Crippen LogP contribution in [0, 0.1) is 0 Å². The molecule has 0 bridgehead atoms. The highest BCUT2D eigenvalue weighted by Gasteiger charge is 2.20. The molecule has 2 atom stereocenters. The summed E-state index contributed by atoms with van der Waals surface area (Å²) >= 11 is 1.78. The Kier molecular flexibility index (Phi) is 3.46. The second kappa shape index (κ2) is 5.22. The Balaban J connectivity index is 1.86. The highest BCUT2D eigenvalue weighted by atomic mass is 32.1. The molecular formula is C15H17NOS. The molecule has 3 rings (SSSR count). The molecule has 1 N–H and O–H groups in total. The van der Waals surface area contributed by atoms with E-state index >= 15 is 0 Å². The molecule has 2 heterocycles. The quantitative estimate of drug-likeness (QED) is 0.891. The van der Waals surface area contributed by atoms with Crippen LogP contribution in [0.15, 0.2) is 41.8 Å². The Bertz CT molecular complexity index is 509. The maximum Gasteiger partial charge on any atom is 0.0953 e. The lowest BCUT2D eigenvalue weighted by atomic mass is 10.0. The fourth-order valence-corrected chi connectivity index (χ4v) is 3.05. The molecule has 0 radical (unpaired) electrons. The van der Waals surface area contributed by atoms with Crippen LogP contribution < -0.4 is 5.32 Å². The molecule has 18 heavy (non-hydrogen) atoms. The van der Waals surface area contributed by atoms with Crippen molar-refractivity contribution in [1.82, 2.24) is 5.32 Å². The summed E-state index contributed by atoms with van der Waals surface area (Å²) < 4.78 is 5.99. The summed E-state index contributed by atoms with van der Waals surface area (Å²) in [6, 6.07) is 12.9. The lowest BCUT2D eigenvalue weighted by Gasteiger charge is -2.29. The molecule has 1 aliphatic rings. The molecule has 0 amide bonds. The van der Waals surface area contributed by atoms with Gasteiger partial charge in [-0.2, -0.15) is 0 Å². The van der Waals surface area contributed by atoms with E-state index in [1.54, 1.807) is 11.3 Å². The maximum atomic E-state index is 5.99. The predicted octanol–water partition coefficient (Wildman–Crippen LogP) is 3.46. The molecule has 1 aromatic heterocycles. The van der Waals surface area contributed by atoms with E-state index in [0.29, 0.717) is 0 Å². The van der Waals surface area contributed by atoms with Crippen LogP contribution in [0.2, 0.25) is 0 Å². The number of hydrogen-bond donors (Lipinski definition) is 1.